The third kappa shape index (κ3) is 3.30. The fourth-order valence-electron chi connectivity index (χ4n) is 1.17. The fourth-order valence-corrected chi connectivity index (χ4v) is 1.17. The number of ether oxygens (including phenoxy) is 1. The molecule has 6 N–H and O–H groups in total. The lowest BCUT2D eigenvalue weighted by Crippen LogP contribution is -2.29. The Labute approximate surface area is 89.0 Å². The molecule has 0 aromatic heterocycles. The molecule has 1 rings (SSSR count). The molecular weight excluding hydrogens is 194 g/mol. The highest BCUT2D eigenvalue weighted by atomic mass is 16.5. The Morgan fingerprint density at radius 2 is 2.20 bits per heavy atom. The molecule has 0 saturated carbocycles. The van der Waals surface area contributed by atoms with Crippen molar-refractivity contribution >= 4 is 11.4 Å². The number of hydrogen-bond donors (Lipinski definition) is 4. The molecule has 5 heteroatoms. The molecule has 15 heavy (non-hydrogen) atoms. The third-order valence-corrected chi connectivity index (χ3v) is 1.97. The van der Waals surface area contributed by atoms with Gasteiger partial charge in [0.05, 0.1) is 11.4 Å². The van der Waals surface area contributed by atoms with Crippen LogP contribution in [0.1, 0.15) is 0 Å². The van der Waals surface area contributed by atoms with E-state index in [9.17, 15) is 5.11 Å². The first-order valence-electron chi connectivity index (χ1n) is 4.74. The zero-order chi connectivity index (χ0) is 11.3. The van der Waals surface area contributed by atoms with Gasteiger partial charge < -0.3 is 26.6 Å². The molecule has 0 amide bonds. The summed E-state index contributed by atoms with van der Waals surface area (Å²) < 4.78 is 5.34. The number of rotatable bonds is 5. The first kappa shape index (κ1) is 11.6. The van der Waals surface area contributed by atoms with E-state index in [-0.39, 0.29) is 6.61 Å². The number of hydrogen-bond acceptors (Lipinski definition) is 5. The van der Waals surface area contributed by atoms with E-state index in [0.29, 0.717) is 23.7 Å². The molecule has 84 valence electrons. The van der Waals surface area contributed by atoms with E-state index in [1.165, 1.54) is 0 Å². The Morgan fingerprint density at radius 3 is 2.87 bits per heavy atom. The maximum absolute atomic E-state index is 9.41. The number of nitrogens with two attached hydrogens (primary N) is 2. The van der Waals surface area contributed by atoms with E-state index in [2.05, 4.69) is 5.32 Å². The summed E-state index contributed by atoms with van der Waals surface area (Å²) in [5, 5.41) is 12.3. The number of benzene rings is 1. The van der Waals surface area contributed by atoms with Gasteiger partial charge in [0.2, 0.25) is 0 Å². The van der Waals surface area contributed by atoms with Gasteiger partial charge >= 0.3 is 0 Å². The van der Waals surface area contributed by atoms with Crippen LogP contribution >= 0.6 is 0 Å². The lowest BCUT2D eigenvalue weighted by molar-refractivity contribution is 0.108. The minimum atomic E-state index is -0.559. The largest absolute Gasteiger partial charge is 0.489 e. The Kier molecular flexibility index (Phi) is 4.20. The van der Waals surface area contributed by atoms with E-state index in [4.69, 9.17) is 16.2 Å². The van der Waals surface area contributed by atoms with Crippen molar-refractivity contribution < 1.29 is 9.84 Å². The van der Waals surface area contributed by atoms with Crippen LogP contribution in [0.2, 0.25) is 0 Å². The molecule has 0 aliphatic rings. The van der Waals surface area contributed by atoms with Crippen LogP contribution in [-0.4, -0.2) is 31.4 Å². The average molecular weight is 211 g/mol. The summed E-state index contributed by atoms with van der Waals surface area (Å²) in [5.41, 5.74) is 12.2. The molecule has 0 aliphatic carbocycles. The number of para-hydroxylation sites is 1. The summed E-state index contributed by atoms with van der Waals surface area (Å²) in [6.45, 7) is 0.663. The van der Waals surface area contributed by atoms with Gasteiger partial charge in [-0.1, -0.05) is 6.07 Å². The lowest BCUT2D eigenvalue weighted by atomic mass is 10.2. The van der Waals surface area contributed by atoms with E-state index >= 15 is 0 Å². The molecule has 0 radical (unpaired) electrons. The van der Waals surface area contributed by atoms with Gasteiger partial charge in [-0.25, -0.2) is 0 Å². The van der Waals surface area contributed by atoms with Crippen LogP contribution < -0.4 is 21.5 Å². The molecule has 0 heterocycles. The number of likely N-dealkylation sites (N-methyl/N-ethyl adjacent to an activating group) is 1. The molecule has 1 aromatic rings. The second-order valence-corrected chi connectivity index (χ2v) is 3.28. The van der Waals surface area contributed by atoms with Crippen molar-refractivity contribution in [3.63, 3.8) is 0 Å². The van der Waals surface area contributed by atoms with Crippen LogP contribution in [0.3, 0.4) is 0 Å². The van der Waals surface area contributed by atoms with Gasteiger partial charge in [0.25, 0.3) is 0 Å². The topological polar surface area (TPSA) is 93.5 Å². The lowest BCUT2D eigenvalue weighted by Gasteiger charge is -2.13. The average Bonchev–Trinajstić information content (AvgIpc) is 2.21. The Balaban J connectivity index is 2.54. The minimum absolute atomic E-state index is 0.189. The molecular formula is C10H17N3O2. The smallest absolute Gasteiger partial charge is 0.144 e. The summed E-state index contributed by atoms with van der Waals surface area (Å²) in [4.78, 5) is 0. The summed E-state index contributed by atoms with van der Waals surface area (Å²) in [6.07, 6.45) is -0.559. The van der Waals surface area contributed by atoms with Crippen molar-refractivity contribution in [2.45, 2.75) is 6.10 Å². The number of nitrogen functional groups attached to an aromatic ring is 2. The zero-order valence-corrected chi connectivity index (χ0v) is 8.73. The maximum atomic E-state index is 9.41. The molecule has 0 fully saturated rings. The van der Waals surface area contributed by atoms with Crippen molar-refractivity contribution in [3.8, 4) is 5.75 Å². The normalized spacial score (nSPS) is 12.4. The van der Waals surface area contributed by atoms with Crippen molar-refractivity contribution in [3.05, 3.63) is 18.2 Å². The quantitative estimate of drug-likeness (QED) is 0.506. The van der Waals surface area contributed by atoms with E-state index in [1.807, 2.05) is 0 Å². The minimum Gasteiger partial charge on any atom is -0.489 e. The number of aliphatic hydroxyl groups excluding tert-OH is 1. The van der Waals surface area contributed by atoms with E-state index in [0.717, 1.165) is 0 Å². The molecule has 1 aromatic carbocycles. The molecule has 0 bridgehead atoms. The summed E-state index contributed by atoms with van der Waals surface area (Å²) >= 11 is 0. The SMILES string of the molecule is CNCC(O)COc1cccc(N)c1N. The van der Waals surface area contributed by atoms with Crippen LogP contribution in [-0.2, 0) is 0 Å². The maximum Gasteiger partial charge on any atom is 0.144 e. The molecule has 0 saturated heterocycles. The fraction of sp³-hybridized carbons (Fsp3) is 0.400. The molecule has 1 atom stereocenters. The van der Waals surface area contributed by atoms with Gasteiger partial charge in [-0.2, -0.15) is 0 Å². The number of aliphatic hydroxyl groups is 1. The monoisotopic (exact) mass is 211 g/mol. The van der Waals surface area contributed by atoms with Gasteiger partial charge in [-0.05, 0) is 19.2 Å². The van der Waals surface area contributed by atoms with Crippen LogP contribution in [0, 0.1) is 0 Å². The second-order valence-electron chi connectivity index (χ2n) is 3.28. The number of anilines is 2. The standard InChI is InChI=1S/C10H17N3O2/c1-13-5-7(14)6-15-9-4-2-3-8(11)10(9)12/h2-4,7,13-14H,5-6,11-12H2,1H3. The summed E-state index contributed by atoms with van der Waals surface area (Å²) in [6, 6.07) is 5.18. The van der Waals surface area contributed by atoms with Crippen LogP contribution in [0.25, 0.3) is 0 Å². The molecule has 1 unspecified atom stereocenters. The number of nitrogens with one attached hydrogen (secondary N) is 1. The highest BCUT2D eigenvalue weighted by Crippen LogP contribution is 2.26. The Morgan fingerprint density at radius 1 is 1.47 bits per heavy atom. The first-order valence-corrected chi connectivity index (χ1v) is 4.74. The van der Waals surface area contributed by atoms with Crippen molar-refractivity contribution in [2.24, 2.45) is 0 Å². The van der Waals surface area contributed by atoms with Crippen molar-refractivity contribution in [2.75, 3.05) is 31.7 Å². The van der Waals surface area contributed by atoms with Gasteiger partial charge in [-0.3, -0.25) is 0 Å². The second kappa shape index (κ2) is 5.43. The highest BCUT2D eigenvalue weighted by molar-refractivity contribution is 5.70. The third-order valence-electron chi connectivity index (χ3n) is 1.97. The predicted octanol–water partition coefficient (Wildman–Crippen LogP) is -0.190. The van der Waals surface area contributed by atoms with Crippen molar-refractivity contribution in [1.82, 2.24) is 5.32 Å². The van der Waals surface area contributed by atoms with Gasteiger partial charge in [0.1, 0.15) is 18.5 Å². The Hall–Kier alpha value is -1.46. The van der Waals surface area contributed by atoms with E-state index in [1.54, 1.807) is 25.2 Å². The zero-order valence-electron chi connectivity index (χ0n) is 8.73. The molecule has 0 spiro atoms. The van der Waals surface area contributed by atoms with Crippen molar-refractivity contribution in [1.29, 1.82) is 0 Å². The van der Waals surface area contributed by atoms with Gasteiger partial charge in [-0.15, -0.1) is 0 Å². The van der Waals surface area contributed by atoms with Crippen LogP contribution in [0.5, 0.6) is 5.75 Å². The molecule has 5 nitrogen and oxygen atoms in total. The van der Waals surface area contributed by atoms with Crippen LogP contribution in [0.4, 0.5) is 11.4 Å². The predicted molar refractivity (Wildman–Crippen MR) is 60.7 cm³/mol. The van der Waals surface area contributed by atoms with E-state index < -0.39 is 6.10 Å². The summed E-state index contributed by atoms with van der Waals surface area (Å²) in [5.74, 6) is 0.505. The van der Waals surface area contributed by atoms with Gasteiger partial charge in [0.15, 0.2) is 0 Å². The summed E-state index contributed by atoms with van der Waals surface area (Å²) in [7, 11) is 1.76. The van der Waals surface area contributed by atoms with Gasteiger partial charge in [0, 0.05) is 6.54 Å². The highest BCUT2D eigenvalue weighted by Gasteiger charge is 2.07. The molecule has 0 aliphatic heterocycles. The first-order chi connectivity index (χ1) is 7.15. The van der Waals surface area contributed by atoms with Crippen LogP contribution in [0.15, 0.2) is 18.2 Å². The Bertz CT molecular complexity index is 318.